The maximum Gasteiger partial charge on any atom is 0.227 e. The molecular formula is C18H23BrN6. The Balaban J connectivity index is 1.55. The van der Waals surface area contributed by atoms with Gasteiger partial charge in [0.1, 0.15) is 11.6 Å². The Morgan fingerprint density at radius 1 is 1.12 bits per heavy atom. The van der Waals surface area contributed by atoms with Gasteiger partial charge in [-0.25, -0.2) is 9.97 Å². The summed E-state index contributed by atoms with van der Waals surface area (Å²) in [6.45, 7) is 3.06. The highest BCUT2D eigenvalue weighted by Gasteiger charge is 2.39. The summed E-state index contributed by atoms with van der Waals surface area (Å²) in [5.41, 5.74) is 0. The SMILES string of the molecule is CN(C)c1ccnc(N2CCC3CCN(c4ccc(Br)cn4)C3C2)n1. The molecule has 0 spiro atoms. The first-order valence-electron chi connectivity index (χ1n) is 8.75. The predicted molar refractivity (Wildman–Crippen MR) is 104 cm³/mol. The number of halogens is 1. The standard InChI is InChI=1S/C18H23BrN6/c1-23(2)17-5-8-20-18(22-17)24-9-6-13-7-10-25(15(13)12-24)16-4-3-14(19)11-21-16/h3-5,8,11,13,15H,6-7,9-10,12H2,1-2H3. The molecule has 0 aliphatic carbocycles. The second kappa shape index (κ2) is 6.78. The van der Waals surface area contributed by atoms with Crippen molar-refractivity contribution < 1.29 is 0 Å². The molecule has 2 aromatic rings. The molecule has 4 rings (SSSR count). The summed E-state index contributed by atoms with van der Waals surface area (Å²) in [4.78, 5) is 20.6. The van der Waals surface area contributed by atoms with Gasteiger partial charge in [0.2, 0.25) is 5.95 Å². The minimum atomic E-state index is 0.481. The normalized spacial score (nSPS) is 22.8. The van der Waals surface area contributed by atoms with Gasteiger partial charge in [-0.3, -0.25) is 0 Å². The van der Waals surface area contributed by atoms with Crippen LogP contribution in [0.1, 0.15) is 12.8 Å². The third kappa shape index (κ3) is 3.29. The van der Waals surface area contributed by atoms with Crippen LogP contribution in [0, 0.1) is 5.92 Å². The Morgan fingerprint density at radius 3 is 2.72 bits per heavy atom. The van der Waals surface area contributed by atoms with Crippen LogP contribution in [0.3, 0.4) is 0 Å². The van der Waals surface area contributed by atoms with Gasteiger partial charge in [-0.05, 0) is 52.9 Å². The van der Waals surface area contributed by atoms with E-state index in [0.29, 0.717) is 6.04 Å². The van der Waals surface area contributed by atoms with E-state index in [4.69, 9.17) is 4.98 Å². The van der Waals surface area contributed by atoms with Crippen LogP contribution < -0.4 is 14.7 Å². The molecule has 2 aliphatic heterocycles. The number of nitrogens with zero attached hydrogens (tertiary/aromatic N) is 6. The molecule has 0 N–H and O–H groups in total. The van der Waals surface area contributed by atoms with Gasteiger partial charge >= 0.3 is 0 Å². The molecule has 6 nitrogen and oxygen atoms in total. The number of piperidine rings is 1. The number of hydrogen-bond acceptors (Lipinski definition) is 6. The molecule has 0 bridgehead atoms. The molecule has 2 aliphatic rings. The summed E-state index contributed by atoms with van der Waals surface area (Å²) in [6, 6.07) is 6.60. The number of pyridine rings is 1. The van der Waals surface area contributed by atoms with E-state index in [1.54, 1.807) is 0 Å². The minimum absolute atomic E-state index is 0.481. The molecule has 2 aromatic heterocycles. The van der Waals surface area contributed by atoms with Crippen LogP contribution in [0.25, 0.3) is 0 Å². The molecule has 0 aromatic carbocycles. The molecular weight excluding hydrogens is 380 g/mol. The van der Waals surface area contributed by atoms with E-state index in [-0.39, 0.29) is 0 Å². The molecule has 2 saturated heterocycles. The fourth-order valence-electron chi connectivity index (χ4n) is 3.89. The predicted octanol–water partition coefficient (Wildman–Crippen LogP) is 2.81. The number of fused-ring (bicyclic) bond motifs is 1. The Hall–Kier alpha value is -1.89. The first-order chi connectivity index (χ1) is 12.1. The molecule has 2 fully saturated rings. The number of rotatable bonds is 3. The van der Waals surface area contributed by atoms with E-state index in [1.165, 1.54) is 12.8 Å². The van der Waals surface area contributed by atoms with Crippen molar-refractivity contribution >= 4 is 33.5 Å². The molecule has 0 amide bonds. The lowest BCUT2D eigenvalue weighted by molar-refractivity contribution is 0.387. The van der Waals surface area contributed by atoms with Gasteiger partial charge in [0.15, 0.2) is 0 Å². The zero-order chi connectivity index (χ0) is 17.4. The average molecular weight is 403 g/mol. The molecule has 2 atom stereocenters. The van der Waals surface area contributed by atoms with E-state index in [0.717, 1.165) is 47.6 Å². The van der Waals surface area contributed by atoms with Crippen molar-refractivity contribution in [1.29, 1.82) is 0 Å². The van der Waals surface area contributed by atoms with Crippen molar-refractivity contribution in [3.05, 3.63) is 35.1 Å². The third-order valence-corrected chi connectivity index (χ3v) is 5.71. The fraction of sp³-hybridized carbons (Fsp3) is 0.500. The molecule has 25 heavy (non-hydrogen) atoms. The summed E-state index contributed by atoms with van der Waals surface area (Å²) in [5, 5.41) is 0. The number of aromatic nitrogens is 3. The zero-order valence-corrected chi connectivity index (χ0v) is 16.2. The second-order valence-corrected chi connectivity index (χ2v) is 7.90. The smallest absolute Gasteiger partial charge is 0.227 e. The fourth-order valence-corrected chi connectivity index (χ4v) is 4.12. The van der Waals surface area contributed by atoms with Gasteiger partial charge in [-0.1, -0.05) is 0 Å². The van der Waals surface area contributed by atoms with Crippen LogP contribution in [-0.2, 0) is 0 Å². The third-order valence-electron chi connectivity index (χ3n) is 5.24. The summed E-state index contributed by atoms with van der Waals surface area (Å²) in [5.74, 6) is 3.59. The van der Waals surface area contributed by atoms with Crippen molar-refractivity contribution in [2.45, 2.75) is 18.9 Å². The highest BCUT2D eigenvalue weighted by molar-refractivity contribution is 9.10. The van der Waals surface area contributed by atoms with Gasteiger partial charge < -0.3 is 14.7 Å². The lowest BCUT2D eigenvalue weighted by atomic mass is 9.92. The van der Waals surface area contributed by atoms with Crippen LogP contribution in [0.5, 0.6) is 0 Å². The first-order valence-corrected chi connectivity index (χ1v) is 9.54. The largest absolute Gasteiger partial charge is 0.363 e. The van der Waals surface area contributed by atoms with Gasteiger partial charge in [0, 0.05) is 50.6 Å². The summed E-state index contributed by atoms with van der Waals surface area (Å²) < 4.78 is 1.02. The molecule has 0 saturated carbocycles. The van der Waals surface area contributed by atoms with Crippen molar-refractivity contribution in [2.24, 2.45) is 5.92 Å². The Kier molecular flexibility index (Phi) is 4.50. The van der Waals surface area contributed by atoms with Gasteiger partial charge in [0.25, 0.3) is 0 Å². The summed E-state index contributed by atoms with van der Waals surface area (Å²) in [7, 11) is 4.02. The maximum atomic E-state index is 4.72. The van der Waals surface area contributed by atoms with Gasteiger partial charge in [-0.15, -0.1) is 0 Å². The molecule has 132 valence electrons. The van der Waals surface area contributed by atoms with Gasteiger partial charge in [0.05, 0.1) is 6.04 Å². The van der Waals surface area contributed by atoms with Crippen LogP contribution in [0.4, 0.5) is 17.6 Å². The lowest BCUT2D eigenvalue weighted by Crippen LogP contribution is -2.49. The molecule has 0 radical (unpaired) electrons. The zero-order valence-electron chi connectivity index (χ0n) is 14.6. The Labute approximate surface area is 157 Å². The number of anilines is 3. The number of hydrogen-bond donors (Lipinski definition) is 0. The molecule has 7 heteroatoms. The summed E-state index contributed by atoms with van der Waals surface area (Å²) >= 11 is 3.47. The average Bonchev–Trinajstić information content (AvgIpc) is 3.05. The second-order valence-electron chi connectivity index (χ2n) is 6.99. The van der Waals surface area contributed by atoms with E-state index < -0.39 is 0 Å². The molecule has 4 heterocycles. The van der Waals surface area contributed by atoms with Crippen molar-refractivity contribution in [2.75, 3.05) is 48.4 Å². The molecule has 2 unspecified atom stereocenters. The van der Waals surface area contributed by atoms with Crippen LogP contribution in [0.2, 0.25) is 0 Å². The maximum absolute atomic E-state index is 4.72. The van der Waals surface area contributed by atoms with Crippen LogP contribution in [0.15, 0.2) is 35.1 Å². The van der Waals surface area contributed by atoms with E-state index in [1.807, 2.05) is 37.5 Å². The summed E-state index contributed by atoms with van der Waals surface area (Å²) in [6.07, 6.45) is 6.17. The van der Waals surface area contributed by atoms with Crippen molar-refractivity contribution in [3.63, 3.8) is 0 Å². The Morgan fingerprint density at radius 2 is 1.96 bits per heavy atom. The van der Waals surface area contributed by atoms with Crippen LogP contribution in [-0.4, -0.2) is 54.7 Å². The van der Waals surface area contributed by atoms with Crippen molar-refractivity contribution in [3.8, 4) is 0 Å². The van der Waals surface area contributed by atoms with E-state index in [9.17, 15) is 0 Å². The van der Waals surface area contributed by atoms with Gasteiger partial charge in [-0.2, -0.15) is 4.98 Å². The Bertz CT molecular complexity index is 735. The van der Waals surface area contributed by atoms with Crippen LogP contribution >= 0.6 is 15.9 Å². The highest BCUT2D eigenvalue weighted by atomic mass is 79.9. The topological polar surface area (TPSA) is 48.4 Å². The quantitative estimate of drug-likeness (QED) is 0.786. The van der Waals surface area contributed by atoms with E-state index in [2.05, 4.69) is 47.8 Å². The highest BCUT2D eigenvalue weighted by Crippen LogP contribution is 2.35. The van der Waals surface area contributed by atoms with E-state index >= 15 is 0 Å². The first kappa shape index (κ1) is 16.6. The minimum Gasteiger partial charge on any atom is -0.363 e. The van der Waals surface area contributed by atoms with Crippen molar-refractivity contribution in [1.82, 2.24) is 15.0 Å². The monoisotopic (exact) mass is 402 g/mol. The lowest BCUT2D eigenvalue weighted by Gasteiger charge is -2.39.